The van der Waals surface area contributed by atoms with Gasteiger partial charge in [0.05, 0.1) is 0 Å². The van der Waals surface area contributed by atoms with Crippen LogP contribution in [0.15, 0.2) is 49.3 Å². The molecule has 98 valence electrons. The molecule has 1 aromatic carbocycles. The first-order valence-corrected chi connectivity index (χ1v) is 5.96. The number of aromatic nitrogens is 4. The van der Waals surface area contributed by atoms with Crippen molar-refractivity contribution in [1.82, 2.24) is 25.5 Å². The third kappa shape index (κ3) is 3.48. The van der Waals surface area contributed by atoms with Crippen molar-refractivity contribution in [2.75, 3.05) is 6.54 Å². The molecule has 2 aromatic rings. The molecule has 0 saturated heterocycles. The van der Waals surface area contributed by atoms with Gasteiger partial charge in [0, 0.05) is 13.0 Å². The van der Waals surface area contributed by atoms with Crippen LogP contribution in [0.5, 0.6) is 0 Å². The fourth-order valence-electron chi connectivity index (χ4n) is 1.75. The van der Waals surface area contributed by atoms with Gasteiger partial charge in [-0.1, -0.05) is 36.4 Å². The van der Waals surface area contributed by atoms with Gasteiger partial charge in [0.1, 0.15) is 12.4 Å². The first-order valence-electron chi connectivity index (χ1n) is 5.96. The number of hydrogen-bond donors (Lipinski definition) is 1. The number of nitrogens with zero attached hydrogens (tertiary/aromatic N) is 4. The van der Waals surface area contributed by atoms with E-state index in [-0.39, 0.29) is 5.91 Å². The highest BCUT2D eigenvalue weighted by Crippen LogP contribution is 2.12. The molecule has 0 fully saturated rings. The van der Waals surface area contributed by atoms with E-state index in [1.165, 1.54) is 11.0 Å². The summed E-state index contributed by atoms with van der Waals surface area (Å²) in [5.74, 6) is -0.129. The zero-order valence-corrected chi connectivity index (χ0v) is 10.4. The normalized spacial score (nSPS) is 11.8. The van der Waals surface area contributed by atoms with E-state index in [0.717, 1.165) is 5.56 Å². The first-order chi connectivity index (χ1) is 9.31. The molecule has 1 aromatic heterocycles. The summed E-state index contributed by atoms with van der Waals surface area (Å²) in [5, 5.41) is 13.7. The molecule has 0 aliphatic carbocycles. The Kier molecular flexibility index (Phi) is 4.39. The van der Waals surface area contributed by atoms with Crippen LogP contribution < -0.4 is 5.32 Å². The average molecular weight is 257 g/mol. The van der Waals surface area contributed by atoms with Crippen molar-refractivity contribution in [3.8, 4) is 0 Å². The van der Waals surface area contributed by atoms with Crippen LogP contribution in [-0.4, -0.2) is 32.7 Å². The highest BCUT2D eigenvalue weighted by atomic mass is 16.2. The van der Waals surface area contributed by atoms with E-state index in [0.29, 0.717) is 13.0 Å². The number of rotatable bonds is 6. The van der Waals surface area contributed by atoms with Crippen LogP contribution in [-0.2, 0) is 11.2 Å². The molecule has 0 bridgehead atoms. The molecule has 0 aliphatic rings. The SMILES string of the molecule is C=CCNC(=O)[C@H](Cc1ccccc1)n1cnnn1. The molecular formula is C13H15N5O. The minimum atomic E-state index is -0.461. The maximum atomic E-state index is 12.1. The van der Waals surface area contributed by atoms with Crippen LogP contribution >= 0.6 is 0 Å². The van der Waals surface area contributed by atoms with Gasteiger partial charge in [-0.3, -0.25) is 4.79 Å². The van der Waals surface area contributed by atoms with Crippen molar-refractivity contribution in [3.05, 3.63) is 54.9 Å². The molecule has 19 heavy (non-hydrogen) atoms. The molecule has 0 unspecified atom stereocenters. The van der Waals surface area contributed by atoms with Crippen LogP contribution in [0.2, 0.25) is 0 Å². The van der Waals surface area contributed by atoms with E-state index >= 15 is 0 Å². The number of nitrogens with one attached hydrogen (secondary N) is 1. The third-order valence-corrected chi connectivity index (χ3v) is 2.68. The standard InChI is InChI=1S/C13H15N5O/c1-2-8-14-13(19)12(18-10-15-16-17-18)9-11-6-4-3-5-7-11/h2-7,10,12H,1,8-9H2,(H,14,19)/t12-/m0/s1. The lowest BCUT2D eigenvalue weighted by Crippen LogP contribution is -2.34. The summed E-state index contributed by atoms with van der Waals surface area (Å²) in [5.41, 5.74) is 1.05. The summed E-state index contributed by atoms with van der Waals surface area (Å²) in [7, 11) is 0. The van der Waals surface area contributed by atoms with E-state index in [2.05, 4.69) is 27.4 Å². The lowest BCUT2D eigenvalue weighted by atomic mass is 10.1. The van der Waals surface area contributed by atoms with Crippen LogP contribution in [0.3, 0.4) is 0 Å². The van der Waals surface area contributed by atoms with Crippen molar-refractivity contribution < 1.29 is 4.79 Å². The maximum absolute atomic E-state index is 12.1. The van der Waals surface area contributed by atoms with E-state index in [1.54, 1.807) is 6.08 Å². The van der Waals surface area contributed by atoms with E-state index in [9.17, 15) is 4.79 Å². The Labute approximate surface area is 111 Å². The fourth-order valence-corrected chi connectivity index (χ4v) is 1.75. The van der Waals surface area contributed by atoms with Gasteiger partial charge in [0.25, 0.3) is 0 Å². The van der Waals surface area contributed by atoms with E-state index in [4.69, 9.17) is 0 Å². The summed E-state index contributed by atoms with van der Waals surface area (Å²) < 4.78 is 1.46. The molecule has 2 rings (SSSR count). The molecule has 6 heteroatoms. The maximum Gasteiger partial charge on any atom is 0.245 e. The minimum Gasteiger partial charge on any atom is -0.351 e. The quantitative estimate of drug-likeness (QED) is 0.775. The average Bonchev–Trinajstić information content (AvgIpc) is 2.97. The Balaban J connectivity index is 2.15. The Bertz CT molecular complexity index is 523. The van der Waals surface area contributed by atoms with Crippen LogP contribution in [0.25, 0.3) is 0 Å². The molecule has 0 aliphatic heterocycles. The second-order valence-electron chi connectivity index (χ2n) is 4.03. The Morgan fingerprint density at radius 3 is 2.84 bits per heavy atom. The van der Waals surface area contributed by atoms with Crippen LogP contribution in [0, 0.1) is 0 Å². The predicted molar refractivity (Wildman–Crippen MR) is 70.2 cm³/mol. The van der Waals surface area contributed by atoms with Gasteiger partial charge in [-0.25, -0.2) is 4.68 Å². The van der Waals surface area contributed by atoms with Gasteiger partial charge in [-0.05, 0) is 16.0 Å². The molecular weight excluding hydrogens is 242 g/mol. The van der Waals surface area contributed by atoms with Crippen LogP contribution in [0.4, 0.5) is 0 Å². The summed E-state index contributed by atoms with van der Waals surface area (Å²) >= 11 is 0. The highest BCUT2D eigenvalue weighted by Gasteiger charge is 2.21. The Hall–Kier alpha value is -2.50. The lowest BCUT2D eigenvalue weighted by molar-refractivity contribution is -0.124. The number of benzene rings is 1. The van der Waals surface area contributed by atoms with E-state index < -0.39 is 6.04 Å². The molecule has 0 spiro atoms. The zero-order chi connectivity index (χ0) is 13.5. The second-order valence-corrected chi connectivity index (χ2v) is 4.03. The minimum absolute atomic E-state index is 0.129. The Morgan fingerprint density at radius 1 is 1.42 bits per heavy atom. The molecule has 1 heterocycles. The van der Waals surface area contributed by atoms with Gasteiger partial charge >= 0.3 is 0 Å². The van der Waals surface area contributed by atoms with Crippen molar-refractivity contribution in [2.45, 2.75) is 12.5 Å². The second kappa shape index (κ2) is 6.44. The van der Waals surface area contributed by atoms with Crippen molar-refractivity contribution in [2.24, 2.45) is 0 Å². The molecule has 6 nitrogen and oxygen atoms in total. The van der Waals surface area contributed by atoms with Gasteiger partial charge < -0.3 is 5.32 Å². The number of carbonyl (C=O) groups is 1. The fraction of sp³-hybridized carbons (Fsp3) is 0.231. The number of carbonyl (C=O) groups excluding carboxylic acids is 1. The van der Waals surface area contributed by atoms with Gasteiger partial charge in [-0.2, -0.15) is 0 Å². The number of hydrogen-bond acceptors (Lipinski definition) is 4. The molecule has 0 saturated carbocycles. The van der Waals surface area contributed by atoms with Crippen molar-refractivity contribution in [1.29, 1.82) is 0 Å². The zero-order valence-electron chi connectivity index (χ0n) is 10.4. The van der Waals surface area contributed by atoms with E-state index in [1.807, 2.05) is 30.3 Å². The van der Waals surface area contributed by atoms with Crippen molar-refractivity contribution >= 4 is 5.91 Å². The number of amides is 1. The van der Waals surface area contributed by atoms with Gasteiger partial charge in [-0.15, -0.1) is 11.7 Å². The molecule has 1 atom stereocenters. The van der Waals surface area contributed by atoms with Crippen LogP contribution in [0.1, 0.15) is 11.6 Å². The molecule has 1 N–H and O–H groups in total. The Morgan fingerprint density at radius 2 is 2.21 bits per heavy atom. The number of tetrazole rings is 1. The molecule has 1 amide bonds. The van der Waals surface area contributed by atoms with Crippen molar-refractivity contribution in [3.63, 3.8) is 0 Å². The third-order valence-electron chi connectivity index (χ3n) is 2.68. The monoisotopic (exact) mass is 257 g/mol. The summed E-state index contributed by atoms with van der Waals surface area (Å²) in [6.45, 7) is 4.00. The summed E-state index contributed by atoms with van der Waals surface area (Å²) in [6.07, 6.45) is 3.62. The molecule has 0 radical (unpaired) electrons. The van der Waals surface area contributed by atoms with Gasteiger partial charge in [0.15, 0.2) is 0 Å². The highest BCUT2D eigenvalue weighted by molar-refractivity contribution is 5.80. The largest absolute Gasteiger partial charge is 0.351 e. The summed E-state index contributed by atoms with van der Waals surface area (Å²) in [4.78, 5) is 12.1. The first kappa shape index (κ1) is 12.9. The predicted octanol–water partition coefficient (Wildman–Crippen LogP) is 0.759. The summed E-state index contributed by atoms with van der Waals surface area (Å²) in [6, 6.07) is 9.29. The van der Waals surface area contributed by atoms with Gasteiger partial charge in [0.2, 0.25) is 5.91 Å². The topological polar surface area (TPSA) is 72.7 Å². The lowest BCUT2D eigenvalue weighted by Gasteiger charge is -2.15. The smallest absolute Gasteiger partial charge is 0.245 e.